The van der Waals surface area contributed by atoms with Crippen LogP contribution in [0.25, 0.3) is 0 Å². The average molecular weight is 307 g/mol. The molecule has 0 N–H and O–H groups in total. The van der Waals surface area contributed by atoms with Crippen molar-refractivity contribution < 1.29 is 4.74 Å². The maximum Gasteiger partial charge on any atom is 0.129 e. The van der Waals surface area contributed by atoms with Gasteiger partial charge in [-0.15, -0.1) is 5.54 Å². The van der Waals surface area contributed by atoms with Crippen LogP contribution in [0.15, 0.2) is 53.5 Å². The van der Waals surface area contributed by atoms with Crippen molar-refractivity contribution >= 4 is 20.0 Å². The molecule has 0 fully saturated rings. The van der Waals surface area contributed by atoms with Gasteiger partial charge < -0.3 is 4.74 Å². The van der Waals surface area contributed by atoms with Crippen LogP contribution < -0.4 is 4.74 Å². The zero-order valence-electron chi connectivity index (χ0n) is 13.6. The van der Waals surface area contributed by atoms with Crippen LogP contribution in [-0.2, 0) is 0 Å². The number of nitrogens with zero attached hydrogens (tertiary/aromatic N) is 1. The normalized spacial score (nSPS) is 11.1. The minimum absolute atomic E-state index is 0.837. The number of hydrogen-bond donors (Lipinski definition) is 0. The summed E-state index contributed by atoms with van der Waals surface area (Å²) in [5.74, 6) is 4.09. The van der Waals surface area contributed by atoms with Crippen LogP contribution in [-0.4, -0.2) is 21.4 Å². The van der Waals surface area contributed by atoms with E-state index in [1.165, 1.54) is 0 Å². The number of benzene rings is 2. The molecule has 0 atom stereocenters. The van der Waals surface area contributed by atoms with E-state index in [9.17, 15) is 0 Å². The van der Waals surface area contributed by atoms with Gasteiger partial charge in [-0.3, -0.25) is 4.99 Å². The van der Waals surface area contributed by atoms with Crippen molar-refractivity contribution in [3.63, 3.8) is 0 Å². The van der Waals surface area contributed by atoms with Gasteiger partial charge in [-0.25, -0.2) is 0 Å². The van der Waals surface area contributed by atoms with Gasteiger partial charge >= 0.3 is 0 Å². The summed E-state index contributed by atoms with van der Waals surface area (Å²) in [7, 11) is 0.339. The fraction of sp³-hybridized carbons (Fsp3) is 0.211. The molecule has 0 spiro atoms. The first kappa shape index (κ1) is 16.1. The van der Waals surface area contributed by atoms with Crippen molar-refractivity contribution in [2.24, 2.45) is 4.99 Å². The molecule has 2 nitrogen and oxygen atoms in total. The molecule has 22 heavy (non-hydrogen) atoms. The van der Waals surface area contributed by atoms with Gasteiger partial charge in [0.15, 0.2) is 0 Å². The van der Waals surface area contributed by atoms with Crippen LogP contribution in [0.4, 0.5) is 5.69 Å². The highest BCUT2D eigenvalue weighted by molar-refractivity contribution is 6.83. The Kier molecular flexibility index (Phi) is 5.19. The summed E-state index contributed by atoms with van der Waals surface area (Å²) in [6.45, 7) is 6.74. The number of ether oxygens (including phenoxy) is 1. The molecule has 0 aliphatic heterocycles. The van der Waals surface area contributed by atoms with Crippen LogP contribution in [0.1, 0.15) is 11.1 Å². The zero-order valence-corrected chi connectivity index (χ0v) is 14.6. The molecule has 0 radical (unpaired) electrons. The highest BCUT2D eigenvalue weighted by Crippen LogP contribution is 2.17. The topological polar surface area (TPSA) is 21.6 Å². The van der Waals surface area contributed by atoms with E-state index < -0.39 is 8.07 Å². The second-order valence-corrected chi connectivity index (χ2v) is 10.8. The molecule has 0 bridgehead atoms. The summed E-state index contributed by atoms with van der Waals surface area (Å²) >= 11 is 0. The number of rotatable bonds is 3. The van der Waals surface area contributed by atoms with Gasteiger partial charge in [0, 0.05) is 11.8 Å². The lowest BCUT2D eigenvalue weighted by Crippen LogP contribution is -2.16. The van der Waals surface area contributed by atoms with Crippen LogP contribution in [0.5, 0.6) is 5.75 Å². The van der Waals surface area contributed by atoms with Crippen LogP contribution in [0.2, 0.25) is 19.6 Å². The third-order valence-electron chi connectivity index (χ3n) is 2.93. The molecule has 2 aromatic carbocycles. The molecule has 3 heteroatoms. The number of methoxy groups -OCH3 is 1. The Hall–Kier alpha value is -2.31. The van der Waals surface area contributed by atoms with E-state index in [2.05, 4.69) is 36.1 Å². The minimum Gasteiger partial charge on any atom is -0.497 e. The van der Waals surface area contributed by atoms with Gasteiger partial charge in [-0.05, 0) is 42.0 Å². The molecule has 0 saturated heterocycles. The molecular weight excluding hydrogens is 286 g/mol. The molecular formula is C19H21NOSi. The van der Waals surface area contributed by atoms with Crippen molar-refractivity contribution in [3.8, 4) is 17.2 Å². The first-order valence-corrected chi connectivity index (χ1v) is 10.8. The van der Waals surface area contributed by atoms with E-state index in [0.717, 1.165) is 22.6 Å². The Bertz CT molecular complexity index is 698. The van der Waals surface area contributed by atoms with Gasteiger partial charge in [0.1, 0.15) is 13.8 Å². The second kappa shape index (κ2) is 7.10. The first-order valence-electron chi connectivity index (χ1n) is 7.28. The molecule has 0 aliphatic carbocycles. The number of aliphatic imine (C=N–C) groups is 1. The largest absolute Gasteiger partial charge is 0.497 e. The predicted octanol–water partition coefficient (Wildman–Crippen LogP) is 4.67. The molecule has 0 heterocycles. The molecule has 0 aliphatic rings. The molecule has 0 amide bonds. The van der Waals surface area contributed by atoms with Crippen molar-refractivity contribution in [3.05, 3.63) is 59.7 Å². The van der Waals surface area contributed by atoms with Crippen molar-refractivity contribution in [1.29, 1.82) is 0 Å². The predicted molar refractivity (Wildman–Crippen MR) is 96.9 cm³/mol. The minimum atomic E-state index is -1.32. The second-order valence-electron chi connectivity index (χ2n) is 6.08. The lowest BCUT2D eigenvalue weighted by Gasteiger charge is -2.03. The fourth-order valence-electron chi connectivity index (χ4n) is 1.73. The molecule has 2 aromatic rings. The monoisotopic (exact) mass is 307 g/mol. The van der Waals surface area contributed by atoms with E-state index in [1.54, 1.807) is 7.11 Å². The van der Waals surface area contributed by atoms with Gasteiger partial charge in [0.05, 0.1) is 12.8 Å². The maximum atomic E-state index is 5.13. The standard InChI is InChI=1S/C19H21NOSi/c1-21-19-11-9-18(10-12-19)20-15-17-7-5-16(6-8-17)13-14-22(2,3)4/h5-12,15H,1-4H3. The lowest BCUT2D eigenvalue weighted by molar-refractivity contribution is 0.415. The quantitative estimate of drug-likeness (QED) is 0.458. The van der Waals surface area contributed by atoms with E-state index in [1.807, 2.05) is 54.7 Å². The molecule has 0 aromatic heterocycles. The van der Waals surface area contributed by atoms with Gasteiger partial charge in [-0.2, -0.15) is 0 Å². The smallest absolute Gasteiger partial charge is 0.129 e. The fourth-order valence-corrected chi connectivity index (χ4v) is 2.25. The molecule has 112 valence electrons. The SMILES string of the molecule is COc1ccc(N=Cc2ccc(C#C[Si](C)(C)C)cc2)cc1. The van der Waals surface area contributed by atoms with Crippen LogP contribution >= 0.6 is 0 Å². The first-order chi connectivity index (χ1) is 10.5. The van der Waals surface area contributed by atoms with E-state index in [-0.39, 0.29) is 0 Å². The summed E-state index contributed by atoms with van der Waals surface area (Å²) in [5.41, 5.74) is 6.40. The Labute approximate surface area is 133 Å². The highest BCUT2D eigenvalue weighted by Gasteiger charge is 2.07. The average Bonchev–Trinajstić information content (AvgIpc) is 2.52. The Morgan fingerprint density at radius 3 is 2.14 bits per heavy atom. The summed E-state index contributed by atoms with van der Waals surface area (Å²) < 4.78 is 5.13. The molecule has 0 saturated carbocycles. The van der Waals surface area contributed by atoms with E-state index in [4.69, 9.17) is 4.74 Å². The molecule has 0 unspecified atom stereocenters. The third kappa shape index (κ3) is 5.23. The summed E-state index contributed by atoms with van der Waals surface area (Å²) in [4.78, 5) is 4.46. The van der Waals surface area contributed by atoms with E-state index >= 15 is 0 Å². The Morgan fingerprint density at radius 2 is 1.59 bits per heavy atom. The van der Waals surface area contributed by atoms with Crippen LogP contribution in [0.3, 0.4) is 0 Å². The highest BCUT2D eigenvalue weighted by atomic mass is 28.3. The Balaban J connectivity index is 2.06. The van der Waals surface area contributed by atoms with Crippen LogP contribution in [0, 0.1) is 11.5 Å². The van der Waals surface area contributed by atoms with Gasteiger partial charge in [-0.1, -0.05) is 37.7 Å². The van der Waals surface area contributed by atoms with Gasteiger partial charge in [0.25, 0.3) is 0 Å². The third-order valence-corrected chi connectivity index (χ3v) is 3.80. The van der Waals surface area contributed by atoms with E-state index in [0.29, 0.717) is 0 Å². The van der Waals surface area contributed by atoms with Crippen molar-refractivity contribution in [2.45, 2.75) is 19.6 Å². The lowest BCUT2D eigenvalue weighted by atomic mass is 10.1. The summed E-state index contributed by atoms with van der Waals surface area (Å²) in [5, 5.41) is 0. The Morgan fingerprint density at radius 1 is 0.955 bits per heavy atom. The zero-order chi connectivity index (χ0) is 16.0. The summed E-state index contributed by atoms with van der Waals surface area (Å²) in [6, 6.07) is 15.9. The van der Waals surface area contributed by atoms with Crippen molar-refractivity contribution in [1.82, 2.24) is 0 Å². The number of hydrogen-bond acceptors (Lipinski definition) is 2. The summed E-state index contributed by atoms with van der Waals surface area (Å²) in [6.07, 6.45) is 1.86. The van der Waals surface area contributed by atoms with Gasteiger partial charge in [0.2, 0.25) is 0 Å². The van der Waals surface area contributed by atoms with Crippen molar-refractivity contribution in [2.75, 3.05) is 7.11 Å². The maximum absolute atomic E-state index is 5.13. The molecule has 2 rings (SSSR count).